The summed E-state index contributed by atoms with van der Waals surface area (Å²) in [5.41, 5.74) is 1.65. The fourth-order valence-corrected chi connectivity index (χ4v) is 2.52. The van der Waals surface area contributed by atoms with Crippen molar-refractivity contribution in [3.8, 4) is 27.9 Å². The molecule has 1 aromatic carbocycles. The second kappa shape index (κ2) is 4.94. The van der Waals surface area contributed by atoms with Gasteiger partial charge in [-0.2, -0.15) is 0 Å². The first-order valence-corrected chi connectivity index (χ1v) is 6.71. The van der Waals surface area contributed by atoms with Crippen molar-refractivity contribution < 1.29 is 9.15 Å². The van der Waals surface area contributed by atoms with Gasteiger partial charge in [0.1, 0.15) is 16.5 Å². The lowest BCUT2D eigenvalue weighted by molar-refractivity contribution is 0.415. The smallest absolute Gasteiger partial charge is 0.284 e. The molecule has 0 radical (unpaired) electrons. The molecule has 0 amide bonds. The van der Waals surface area contributed by atoms with E-state index in [-0.39, 0.29) is 4.84 Å². The molecule has 3 aromatic rings. The molecule has 0 aliphatic rings. The summed E-state index contributed by atoms with van der Waals surface area (Å²) in [4.78, 5) is 4.72. The van der Waals surface area contributed by atoms with Crippen LogP contribution in [0.15, 0.2) is 34.1 Å². The number of thiazole rings is 1. The molecule has 0 aliphatic carbocycles. The van der Waals surface area contributed by atoms with Crippen molar-refractivity contribution in [2.24, 2.45) is 0 Å². The number of aromatic amines is 1. The van der Waals surface area contributed by atoms with E-state index in [4.69, 9.17) is 21.4 Å². The highest BCUT2D eigenvalue weighted by Gasteiger charge is 2.11. The van der Waals surface area contributed by atoms with Crippen LogP contribution in [0.25, 0.3) is 22.2 Å². The molecule has 2 heterocycles. The van der Waals surface area contributed by atoms with E-state index in [1.807, 2.05) is 29.6 Å². The average Bonchev–Trinajstić information content (AvgIpc) is 3.07. The van der Waals surface area contributed by atoms with Crippen LogP contribution in [0.2, 0.25) is 0 Å². The van der Waals surface area contributed by atoms with Crippen molar-refractivity contribution in [2.75, 3.05) is 7.11 Å². The molecule has 0 aliphatic heterocycles. The van der Waals surface area contributed by atoms with Gasteiger partial charge >= 0.3 is 0 Å². The third-order valence-electron chi connectivity index (χ3n) is 2.48. The second-order valence-electron chi connectivity index (χ2n) is 3.69. The number of aromatic nitrogens is 3. The minimum absolute atomic E-state index is 0.242. The van der Waals surface area contributed by atoms with Crippen molar-refractivity contribution in [3.63, 3.8) is 0 Å². The highest BCUT2D eigenvalue weighted by molar-refractivity contribution is 7.71. The maximum atomic E-state index is 5.23. The Labute approximate surface area is 117 Å². The van der Waals surface area contributed by atoms with Gasteiger partial charge in [0, 0.05) is 10.9 Å². The maximum Gasteiger partial charge on any atom is 0.284 e. The van der Waals surface area contributed by atoms with E-state index < -0.39 is 0 Å². The van der Waals surface area contributed by atoms with Gasteiger partial charge < -0.3 is 9.15 Å². The SMILES string of the molecule is COc1cccc(-c2nc(-c3n[nH]c(=S)o3)cs2)c1. The summed E-state index contributed by atoms with van der Waals surface area (Å²) in [6.07, 6.45) is 0. The first kappa shape index (κ1) is 12.1. The van der Waals surface area contributed by atoms with E-state index in [1.165, 1.54) is 11.3 Å². The first-order chi connectivity index (χ1) is 9.26. The lowest BCUT2D eigenvalue weighted by atomic mass is 10.2. The predicted molar refractivity (Wildman–Crippen MR) is 74.8 cm³/mol. The summed E-state index contributed by atoms with van der Waals surface area (Å²) in [5, 5.41) is 9.28. The molecule has 0 saturated carbocycles. The van der Waals surface area contributed by atoms with Gasteiger partial charge in [0.25, 0.3) is 10.7 Å². The van der Waals surface area contributed by atoms with Gasteiger partial charge in [0.2, 0.25) is 0 Å². The van der Waals surface area contributed by atoms with Gasteiger partial charge in [0.05, 0.1) is 7.11 Å². The zero-order chi connectivity index (χ0) is 13.2. The molecule has 0 bridgehead atoms. The van der Waals surface area contributed by atoms with E-state index in [0.29, 0.717) is 11.6 Å². The minimum Gasteiger partial charge on any atom is -0.497 e. The number of benzene rings is 1. The number of nitrogens with one attached hydrogen (secondary N) is 1. The predicted octanol–water partition coefficient (Wildman–Crippen LogP) is 3.53. The van der Waals surface area contributed by atoms with Crippen LogP contribution in [0.3, 0.4) is 0 Å². The minimum atomic E-state index is 0.242. The van der Waals surface area contributed by atoms with Crippen LogP contribution in [-0.2, 0) is 0 Å². The Hall–Kier alpha value is -1.99. The van der Waals surface area contributed by atoms with Crippen LogP contribution in [0, 0.1) is 4.84 Å². The molecule has 0 saturated heterocycles. The molecular weight excluding hydrogens is 282 g/mol. The summed E-state index contributed by atoms with van der Waals surface area (Å²) >= 11 is 6.35. The van der Waals surface area contributed by atoms with Gasteiger partial charge in [-0.1, -0.05) is 12.1 Å². The Morgan fingerprint density at radius 2 is 2.32 bits per heavy atom. The number of nitrogens with zero attached hydrogens (tertiary/aromatic N) is 2. The van der Waals surface area contributed by atoms with Crippen LogP contribution in [0.5, 0.6) is 5.75 Å². The molecule has 19 heavy (non-hydrogen) atoms. The number of hydrogen-bond donors (Lipinski definition) is 1. The summed E-state index contributed by atoms with van der Waals surface area (Å²) in [6, 6.07) is 7.73. The van der Waals surface area contributed by atoms with Gasteiger partial charge in [-0.05, 0) is 24.4 Å². The molecular formula is C12H9N3O2S2. The van der Waals surface area contributed by atoms with Crippen molar-refractivity contribution >= 4 is 23.6 Å². The first-order valence-electron chi connectivity index (χ1n) is 5.42. The summed E-state index contributed by atoms with van der Waals surface area (Å²) < 4.78 is 10.4. The standard InChI is InChI=1S/C12H9N3O2S2/c1-16-8-4-2-3-7(5-8)11-13-9(6-19-11)10-14-15-12(18)17-10/h2-6H,1H3,(H,15,18). The van der Waals surface area contributed by atoms with E-state index >= 15 is 0 Å². The Morgan fingerprint density at radius 1 is 1.42 bits per heavy atom. The van der Waals surface area contributed by atoms with E-state index in [1.54, 1.807) is 7.11 Å². The monoisotopic (exact) mass is 291 g/mol. The second-order valence-corrected chi connectivity index (χ2v) is 4.92. The quantitative estimate of drug-likeness (QED) is 0.748. The topological polar surface area (TPSA) is 63.9 Å². The largest absolute Gasteiger partial charge is 0.497 e. The van der Waals surface area contributed by atoms with Gasteiger partial charge in [0.15, 0.2) is 0 Å². The third kappa shape index (κ3) is 2.42. The molecule has 2 aromatic heterocycles. The van der Waals surface area contributed by atoms with Gasteiger partial charge in [-0.15, -0.1) is 16.4 Å². The fourth-order valence-electron chi connectivity index (χ4n) is 1.60. The zero-order valence-electron chi connectivity index (χ0n) is 9.91. The molecule has 3 rings (SSSR count). The van der Waals surface area contributed by atoms with Crippen LogP contribution in [0.4, 0.5) is 0 Å². The summed E-state index contributed by atoms with van der Waals surface area (Å²) in [7, 11) is 1.64. The Kier molecular flexibility index (Phi) is 3.14. The number of methoxy groups -OCH3 is 1. The van der Waals surface area contributed by atoms with Crippen LogP contribution in [0.1, 0.15) is 0 Å². The molecule has 0 fully saturated rings. The molecule has 96 valence electrons. The molecule has 0 atom stereocenters. The van der Waals surface area contributed by atoms with Crippen molar-refractivity contribution in [1.29, 1.82) is 0 Å². The van der Waals surface area contributed by atoms with Gasteiger partial charge in [-0.3, -0.25) is 0 Å². The normalized spacial score (nSPS) is 10.6. The highest BCUT2D eigenvalue weighted by atomic mass is 32.1. The molecule has 7 heteroatoms. The van der Waals surface area contributed by atoms with E-state index in [9.17, 15) is 0 Å². The van der Waals surface area contributed by atoms with E-state index in [2.05, 4.69) is 15.2 Å². The van der Waals surface area contributed by atoms with Crippen LogP contribution in [-0.4, -0.2) is 22.3 Å². The number of H-pyrrole nitrogens is 1. The fraction of sp³-hybridized carbons (Fsp3) is 0.0833. The lowest BCUT2D eigenvalue weighted by Crippen LogP contribution is -1.83. The van der Waals surface area contributed by atoms with Crippen molar-refractivity contribution in [2.45, 2.75) is 0 Å². The zero-order valence-corrected chi connectivity index (χ0v) is 11.5. The van der Waals surface area contributed by atoms with Crippen LogP contribution < -0.4 is 4.74 Å². The van der Waals surface area contributed by atoms with Crippen molar-refractivity contribution in [3.05, 3.63) is 34.5 Å². The number of ether oxygens (including phenoxy) is 1. The average molecular weight is 291 g/mol. The lowest BCUT2D eigenvalue weighted by Gasteiger charge is -2.00. The van der Waals surface area contributed by atoms with Gasteiger partial charge in [-0.25, -0.2) is 10.1 Å². The summed E-state index contributed by atoms with van der Waals surface area (Å²) in [6.45, 7) is 0. The highest BCUT2D eigenvalue weighted by Crippen LogP contribution is 2.29. The number of hydrogen-bond acceptors (Lipinski definition) is 6. The summed E-state index contributed by atoms with van der Waals surface area (Å²) in [5.74, 6) is 1.20. The Morgan fingerprint density at radius 3 is 3.05 bits per heavy atom. The third-order valence-corrected chi connectivity index (χ3v) is 3.54. The maximum absolute atomic E-state index is 5.23. The Balaban J connectivity index is 1.98. The number of rotatable bonds is 3. The van der Waals surface area contributed by atoms with E-state index in [0.717, 1.165) is 16.3 Å². The molecule has 1 N–H and O–H groups in total. The van der Waals surface area contributed by atoms with Crippen molar-refractivity contribution in [1.82, 2.24) is 15.2 Å². The Bertz CT molecular complexity index is 760. The molecule has 0 unspecified atom stereocenters. The molecule has 5 nitrogen and oxygen atoms in total. The van der Waals surface area contributed by atoms with Crippen LogP contribution >= 0.6 is 23.6 Å². The molecule has 0 spiro atoms.